The average Bonchev–Trinajstić information content (AvgIpc) is 2.77. The SMILES string of the molecule is CC(C)C(c1nc2ccccc2n1CCCCN)N(C)C. The molecule has 2 rings (SSSR count). The van der Waals surface area contributed by atoms with Crippen molar-refractivity contribution in [3.8, 4) is 0 Å². The Morgan fingerprint density at radius 1 is 1.19 bits per heavy atom. The second kappa shape index (κ2) is 7.05. The molecule has 1 heterocycles. The molecule has 1 unspecified atom stereocenters. The van der Waals surface area contributed by atoms with Gasteiger partial charge in [0.15, 0.2) is 0 Å². The first-order chi connectivity index (χ1) is 10.1. The van der Waals surface area contributed by atoms with Crippen LogP contribution in [-0.2, 0) is 6.54 Å². The zero-order valence-corrected chi connectivity index (χ0v) is 13.7. The number of fused-ring (bicyclic) bond motifs is 1. The lowest BCUT2D eigenvalue weighted by Gasteiger charge is -2.28. The molecular weight excluding hydrogens is 260 g/mol. The van der Waals surface area contributed by atoms with Gasteiger partial charge in [-0.3, -0.25) is 4.90 Å². The van der Waals surface area contributed by atoms with E-state index in [1.165, 1.54) is 11.3 Å². The number of para-hydroxylation sites is 2. The number of nitrogens with two attached hydrogens (primary N) is 1. The number of unbranched alkanes of at least 4 members (excludes halogenated alkanes) is 1. The van der Waals surface area contributed by atoms with Gasteiger partial charge in [0.05, 0.1) is 17.1 Å². The second-order valence-electron chi connectivity index (χ2n) is 6.26. The topological polar surface area (TPSA) is 47.1 Å². The number of hydrogen-bond acceptors (Lipinski definition) is 3. The summed E-state index contributed by atoms with van der Waals surface area (Å²) in [5, 5.41) is 0. The summed E-state index contributed by atoms with van der Waals surface area (Å²) in [6.45, 7) is 6.26. The van der Waals surface area contributed by atoms with Crippen molar-refractivity contribution in [3.63, 3.8) is 0 Å². The van der Waals surface area contributed by atoms with E-state index in [-0.39, 0.29) is 0 Å². The Bertz CT molecular complexity index is 563. The first-order valence-electron chi connectivity index (χ1n) is 7.88. The number of aromatic nitrogens is 2. The lowest BCUT2D eigenvalue weighted by molar-refractivity contribution is 0.219. The van der Waals surface area contributed by atoms with Crippen LogP contribution in [0.3, 0.4) is 0 Å². The van der Waals surface area contributed by atoms with Crippen LogP contribution in [0.2, 0.25) is 0 Å². The van der Waals surface area contributed by atoms with Gasteiger partial charge >= 0.3 is 0 Å². The monoisotopic (exact) mass is 288 g/mol. The summed E-state index contributed by atoms with van der Waals surface area (Å²) in [5.74, 6) is 1.69. The van der Waals surface area contributed by atoms with Gasteiger partial charge in [-0.2, -0.15) is 0 Å². The first kappa shape index (κ1) is 16.0. The van der Waals surface area contributed by atoms with Crippen LogP contribution in [-0.4, -0.2) is 35.1 Å². The van der Waals surface area contributed by atoms with Crippen molar-refractivity contribution in [1.29, 1.82) is 0 Å². The summed E-state index contributed by atoms with van der Waals surface area (Å²) in [6.07, 6.45) is 2.16. The van der Waals surface area contributed by atoms with Crippen molar-refractivity contribution >= 4 is 11.0 Å². The van der Waals surface area contributed by atoms with Gasteiger partial charge in [0, 0.05) is 6.54 Å². The third-order valence-corrected chi connectivity index (χ3v) is 3.97. The number of hydrogen-bond donors (Lipinski definition) is 1. The maximum absolute atomic E-state index is 5.64. The molecule has 1 atom stereocenters. The molecule has 0 saturated carbocycles. The lowest BCUT2D eigenvalue weighted by atomic mass is 10.0. The maximum Gasteiger partial charge on any atom is 0.127 e. The van der Waals surface area contributed by atoms with Crippen LogP contribution in [0.4, 0.5) is 0 Å². The lowest BCUT2D eigenvalue weighted by Crippen LogP contribution is -2.27. The highest BCUT2D eigenvalue weighted by Gasteiger charge is 2.24. The number of imidazole rings is 1. The molecule has 116 valence electrons. The Kier molecular flexibility index (Phi) is 5.37. The molecule has 0 aliphatic heterocycles. The average molecular weight is 288 g/mol. The van der Waals surface area contributed by atoms with E-state index in [4.69, 9.17) is 10.7 Å². The third kappa shape index (κ3) is 3.44. The second-order valence-corrected chi connectivity index (χ2v) is 6.26. The van der Waals surface area contributed by atoms with Gasteiger partial charge in [-0.05, 0) is 51.5 Å². The van der Waals surface area contributed by atoms with Crippen LogP contribution in [0.5, 0.6) is 0 Å². The van der Waals surface area contributed by atoms with Crippen molar-refractivity contribution in [2.45, 2.75) is 39.3 Å². The molecule has 0 radical (unpaired) electrons. The molecule has 2 aromatic rings. The minimum atomic E-state index is 0.329. The minimum absolute atomic E-state index is 0.329. The zero-order chi connectivity index (χ0) is 15.4. The number of aryl methyl sites for hydroxylation is 1. The Morgan fingerprint density at radius 3 is 2.52 bits per heavy atom. The van der Waals surface area contributed by atoms with E-state index in [1.54, 1.807) is 0 Å². The third-order valence-electron chi connectivity index (χ3n) is 3.97. The molecule has 0 amide bonds. The summed E-state index contributed by atoms with van der Waals surface area (Å²) < 4.78 is 2.38. The quantitative estimate of drug-likeness (QED) is 0.797. The Hall–Kier alpha value is -1.39. The Balaban J connectivity index is 2.47. The maximum atomic E-state index is 5.64. The van der Waals surface area contributed by atoms with Crippen molar-refractivity contribution in [3.05, 3.63) is 30.1 Å². The smallest absolute Gasteiger partial charge is 0.127 e. The van der Waals surface area contributed by atoms with Crippen LogP contribution in [0.15, 0.2) is 24.3 Å². The van der Waals surface area contributed by atoms with Gasteiger partial charge in [-0.25, -0.2) is 4.98 Å². The summed E-state index contributed by atoms with van der Waals surface area (Å²) in [4.78, 5) is 7.19. The normalized spacial score (nSPS) is 13.5. The summed E-state index contributed by atoms with van der Waals surface area (Å²) in [5.41, 5.74) is 7.97. The molecule has 0 fully saturated rings. The Labute approximate surface area is 128 Å². The molecule has 0 spiro atoms. The van der Waals surface area contributed by atoms with Gasteiger partial charge in [-0.1, -0.05) is 26.0 Å². The molecule has 21 heavy (non-hydrogen) atoms. The Morgan fingerprint density at radius 2 is 1.90 bits per heavy atom. The highest BCUT2D eigenvalue weighted by Crippen LogP contribution is 2.29. The summed E-state index contributed by atoms with van der Waals surface area (Å²) >= 11 is 0. The van der Waals surface area contributed by atoms with E-state index in [0.717, 1.165) is 31.4 Å². The van der Waals surface area contributed by atoms with Crippen LogP contribution >= 0.6 is 0 Å². The van der Waals surface area contributed by atoms with Crippen LogP contribution < -0.4 is 5.73 Å². The van der Waals surface area contributed by atoms with E-state index in [2.05, 4.69) is 61.7 Å². The van der Waals surface area contributed by atoms with Gasteiger partial charge in [-0.15, -0.1) is 0 Å². The van der Waals surface area contributed by atoms with E-state index in [9.17, 15) is 0 Å². The summed E-state index contributed by atoms with van der Waals surface area (Å²) in [6, 6.07) is 8.75. The number of benzene rings is 1. The molecular formula is C17H28N4. The molecule has 0 aliphatic carbocycles. The van der Waals surface area contributed by atoms with Gasteiger partial charge in [0.2, 0.25) is 0 Å². The first-order valence-corrected chi connectivity index (χ1v) is 7.88. The molecule has 0 bridgehead atoms. The van der Waals surface area contributed by atoms with E-state index in [1.807, 2.05) is 0 Å². The molecule has 1 aromatic carbocycles. The van der Waals surface area contributed by atoms with Gasteiger partial charge < -0.3 is 10.3 Å². The predicted molar refractivity (Wildman–Crippen MR) is 89.3 cm³/mol. The van der Waals surface area contributed by atoms with Crippen molar-refractivity contribution in [2.24, 2.45) is 11.7 Å². The molecule has 4 nitrogen and oxygen atoms in total. The standard InChI is InChI=1S/C17H28N4/c1-13(2)16(20(3)4)17-19-14-9-5-6-10-15(14)21(17)12-8-7-11-18/h5-6,9-10,13,16H,7-8,11-12,18H2,1-4H3. The zero-order valence-electron chi connectivity index (χ0n) is 13.7. The fourth-order valence-corrected chi connectivity index (χ4v) is 3.09. The van der Waals surface area contributed by atoms with E-state index in [0.29, 0.717) is 12.0 Å². The predicted octanol–water partition coefficient (Wildman–Crippen LogP) is 3.03. The molecule has 4 heteroatoms. The molecule has 1 aromatic heterocycles. The summed E-state index contributed by atoms with van der Waals surface area (Å²) in [7, 11) is 4.27. The van der Waals surface area contributed by atoms with E-state index >= 15 is 0 Å². The number of rotatable bonds is 7. The minimum Gasteiger partial charge on any atom is -0.330 e. The van der Waals surface area contributed by atoms with Crippen molar-refractivity contribution in [1.82, 2.24) is 14.5 Å². The molecule has 0 aliphatic rings. The fourth-order valence-electron chi connectivity index (χ4n) is 3.09. The van der Waals surface area contributed by atoms with E-state index < -0.39 is 0 Å². The molecule has 2 N–H and O–H groups in total. The molecule has 0 saturated heterocycles. The van der Waals surface area contributed by atoms with Crippen molar-refractivity contribution < 1.29 is 0 Å². The largest absolute Gasteiger partial charge is 0.330 e. The van der Waals surface area contributed by atoms with Gasteiger partial charge in [0.1, 0.15) is 5.82 Å². The number of nitrogens with zero attached hydrogens (tertiary/aromatic N) is 3. The highest BCUT2D eigenvalue weighted by molar-refractivity contribution is 5.76. The highest BCUT2D eigenvalue weighted by atomic mass is 15.2. The van der Waals surface area contributed by atoms with Crippen LogP contribution in [0, 0.1) is 5.92 Å². The van der Waals surface area contributed by atoms with Gasteiger partial charge in [0.25, 0.3) is 0 Å². The van der Waals surface area contributed by atoms with Crippen LogP contribution in [0.25, 0.3) is 11.0 Å². The van der Waals surface area contributed by atoms with Crippen LogP contribution in [0.1, 0.15) is 38.6 Å². The fraction of sp³-hybridized carbons (Fsp3) is 0.588. The van der Waals surface area contributed by atoms with Crippen molar-refractivity contribution in [2.75, 3.05) is 20.6 Å².